The average molecular weight is 343 g/mol. The maximum absolute atomic E-state index is 12.6. The highest BCUT2D eigenvalue weighted by molar-refractivity contribution is 7.10. The van der Waals surface area contributed by atoms with Crippen molar-refractivity contribution in [1.29, 1.82) is 5.26 Å². The van der Waals surface area contributed by atoms with Gasteiger partial charge in [-0.15, -0.1) is 11.3 Å². The van der Waals surface area contributed by atoms with Crippen LogP contribution in [0.3, 0.4) is 0 Å². The molecule has 0 radical (unpaired) electrons. The maximum Gasteiger partial charge on any atom is 0.245 e. The maximum atomic E-state index is 12.6. The molecule has 1 unspecified atom stereocenters. The van der Waals surface area contributed by atoms with Crippen molar-refractivity contribution in [2.75, 3.05) is 6.54 Å². The van der Waals surface area contributed by atoms with Crippen molar-refractivity contribution in [3.63, 3.8) is 0 Å². The molecule has 0 aromatic carbocycles. The van der Waals surface area contributed by atoms with Crippen LogP contribution < -0.4 is 5.73 Å². The second-order valence-electron chi connectivity index (χ2n) is 5.70. The Morgan fingerprint density at radius 2 is 2.33 bits per heavy atom. The van der Waals surface area contributed by atoms with Gasteiger partial charge in [0.05, 0.1) is 5.56 Å². The number of nitrogens with two attached hydrogens (primary N) is 1. The SMILES string of the molecule is Cn1ccnc1CCC(=O)N1CCc2c(C#N)csc2C1C(N)=O. The van der Waals surface area contributed by atoms with Gasteiger partial charge in [-0.1, -0.05) is 0 Å². The van der Waals surface area contributed by atoms with Crippen LogP contribution in [-0.4, -0.2) is 32.8 Å². The summed E-state index contributed by atoms with van der Waals surface area (Å²) in [5.74, 6) is 0.131. The number of hydrogen-bond acceptors (Lipinski definition) is 5. The quantitative estimate of drug-likeness (QED) is 0.890. The Morgan fingerprint density at radius 3 is 2.96 bits per heavy atom. The lowest BCUT2D eigenvalue weighted by Crippen LogP contribution is -2.45. The number of nitrogens with zero attached hydrogens (tertiary/aromatic N) is 4. The molecular weight excluding hydrogens is 326 g/mol. The Kier molecular flexibility index (Phi) is 4.36. The molecule has 3 heterocycles. The molecule has 7 nitrogen and oxygen atoms in total. The molecule has 24 heavy (non-hydrogen) atoms. The van der Waals surface area contributed by atoms with Gasteiger partial charge in [0.15, 0.2) is 0 Å². The van der Waals surface area contributed by atoms with Gasteiger partial charge in [0.2, 0.25) is 11.8 Å². The summed E-state index contributed by atoms with van der Waals surface area (Å²) in [6, 6.07) is 1.35. The van der Waals surface area contributed by atoms with Gasteiger partial charge in [0.1, 0.15) is 17.9 Å². The molecule has 0 saturated carbocycles. The van der Waals surface area contributed by atoms with Crippen LogP contribution in [0, 0.1) is 11.3 Å². The zero-order valence-corrected chi connectivity index (χ0v) is 14.0. The number of carbonyl (C=O) groups excluding carboxylic acids is 2. The van der Waals surface area contributed by atoms with Crippen molar-refractivity contribution in [2.24, 2.45) is 12.8 Å². The van der Waals surface area contributed by atoms with Gasteiger partial charge >= 0.3 is 0 Å². The number of aryl methyl sites for hydroxylation is 2. The Morgan fingerprint density at radius 1 is 1.54 bits per heavy atom. The number of hydrogen-bond donors (Lipinski definition) is 1. The zero-order valence-electron chi connectivity index (χ0n) is 13.2. The summed E-state index contributed by atoms with van der Waals surface area (Å²) < 4.78 is 1.87. The van der Waals surface area contributed by atoms with Crippen LogP contribution in [0.5, 0.6) is 0 Å². The van der Waals surface area contributed by atoms with E-state index in [2.05, 4.69) is 11.1 Å². The number of carbonyl (C=O) groups is 2. The van der Waals surface area contributed by atoms with E-state index in [0.29, 0.717) is 24.9 Å². The van der Waals surface area contributed by atoms with Crippen molar-refractivity contribution in [2.45, 2.75) is 25.3 Å². The van der Waals surface area contributed by atoms with E-state index in [1.807, 2.05) is 17.8 Å². The van der Waals surface area contributed by atoms with Crippen LogP contribution in [-0.2, 0) is 29.5 Å². The van der Waals surface area contributed by atoms with E-state index in [-0.39, 0.29) is 12.3 Å². The van der Waals surface area contributed by atoms with Crippen LogP contribution in [0.2, 0.25) is 0 Å². The molecule has 0 saturated heterocycles. The van der Waals surface area contributed by atoms with Gasteiger partial charge < -0.3 is 15.2 Å². The van der Waals surface area contributed by atoms with Crippen molar-refractivity contribution in [1.82, 2.24) is 14.5 Å². The first-order valence-corrected chi connectivity index (χ1v) is 8.46. The van der Waals surface area contributed by atoms with E-state index >= 15 is 0 Å². The molecule has 1 atom stereocenters. The fraction of sp³-hybridized carbons (Fsp3) is 0.375. The van der Waals surface area contributed by atoms with Gasteiger partial charge in [0, 0.05) is 49.1 Å². The predicted octanol–water partition coefficient (Wildman–Crippen LogP) is 0.897. The number of amides is 2. The predicted molar refractivity (Wildman–Crippen MR) is 87.9 cm³/mol. The molecule has 2 aromatic rings. The number of fused-ring (bicyclic) bond motifs is 1. The second-order valence-corrected chi connectivity index (χ2v) is 6.61. The molecule has 2 aromatic heterocycles. The molecule has 124 valence electrons. The topological polar surface area (TPSA) is 105 Å². The number of aromatic nitrogens is 2. The normalized spacial score (nSPS) is 16.5. The van der Waals surface area contributed by atoms with E-state index in [1.54, 1.807) is 11.6 Å². The van der Waals surface area contributed by atoms with Crippen LogP contribution in [0.1, 0.15) is 34.3 Å². The number of imidazole rings is 1. The van der Waals surface area contributed by atoms with Crippen LogP contribution in [0.15, 0.2) is 17.8 Å². The minimum absolute atomic E-state index is 0.126. The molecule has 0 fully saturated rings. The summed E-state index contributed by atoms with van der Waals surface area (Å²) in [5.41, 5.74) is 6.97. The van der Waals surface area contributed by atoms with E-state index in [0.717, 1.165) is 16.3 Å². The molecule has 1 aliphatic heterocycles. The van der Waals surface area contributed by atoms with Crippen molar-refractivity contribution in [3.8, 4) is 6.07 Å². The third kappa shape index (κ3) is 2.78. The minimum atomic E-state index is -0.783. The standard InChI is InChI=1S/C16H17N5O2S/c1-20-7-5-19-12(20)2-3-13(22)21-6-4-11-10(8-17)9-24-15(11)14(21)16(18)23/h5,7,9,14H,2-4,6H2,1H3,(H2,18,23). The first kappa shape index (κ1) is 16.2. The fourth-order valence-electron chi connectivity index (χ4n) is 3.03. The summed E-state index contributed by atoms with van der Waals surface area (Å²) in [6.07, 6.45) is 4.85. The Labute approximate surface area is 143 Å². The molecule has 0 bridgehead atoms. The number of primary amides is 1. The zero-order chi connectivity index (χ0) is 17.3. The minimum Gasteiger partial charge on any atom is -0.368 e. The third-order valence-electron chi connectivity index (χ3n) is 4.28. The lowest BCUT2D eigenvalue weighted by molar-refractivity contribution is -0.140. The molecule has 0 aliphatic carbocycles. The summed E-state index contributed by atoms with van der Waals surface area (Å²) >= 11 is 1.32. The number of rotatable bonds is 4. The summed E-state index contributed by atoms with van der Waals surface area (Å²) in [6.45, 7) is 0.394. The van der Waals surface area contributed by atoms with E-state index in [1.165, 1.54) is 16.2 Å². The smallest absolute Gasteiger partial charge is 0.245 e. The van der Waals surface area contributed by atoms with E-state index in [9.17, 15) is 9.59 Å². The Bertz CT molecular complexity index is 832. The van der Waals surface area contributed by atoms with Crippen LogP contribution in [0.25, 0.3) is 0 Å². The van der Waals surface area contributed by atoms with E-state index < -0.39 is 11.9 Å². The lowest BCUT2D eigenvalue weighted by atomic mass is 9.97. The molecule has 0 spiro atoms. The number of thiophene rings is 1. The Balaban J connectivity index is 1.80. The summed E-state index contributed by atoms with van der Waals surface area (Å²) in [7, 11) is 1.88. The largest absolute Gasteiger partial charge is 0.368 e. The van der Waals surface area contributed by atoms with E-state index in [4.69, 9.17) is 11.0 Å². The fourth-order valence-corrected chi connectivity index (χ4v) is 4.20. The van der Waals surface area contributed by atoms with Gasteiger partial charge in [-0.2, -0.15) is 5.26 Å². The molecule has 8 heteroatoms. The lowest BCUT2D eigenvalue weighted by Gasteiger charge is -2.33. The van der Waals surface area contributed by atoms with Crippen molar-refractivity contribution in [3.05, 3.63) is 39.6 Å². The van der Waals surface area contributed by atoms with Crippen LogP contribution >= 0.6 is 11.3 Å². The van der Waals surface area contributed by atoms with Crippen molar-refractivity contribution < 1.29 is 9.59 Å². The highest BCUT2D eigenvalue weighted by atomic mass is 32.1. The van der Waals surface area contributed by atoms with Gasteiger partial charge in [-0.05, 0) is 12.0 Å². The monoisotopic (exact) mass is 343 g/mol. The molecular formula is C16H17N5O2S. The second kappa shape index (κ2) is 6.45. The Hall–Kier alpha value is -2.66. The molecule has 1 aliphatic rings. The molecule has 2 N–H and O–H groups in total. The first-order valence-electron chi connectivity index (χ1n) is 7.58. The van der Waals surface area contributed by atoms with Crippen LogP contribution in [0.4, 0.5) is 0 Å². The highest BCUT2D eigenvalue weighted by Gasteiger charge is 2.36. The first-order chi connectivity index (χ1) is 11.5. The molecule has 2 amide bonds. The average Bonchev–Trinajstić information content (AvgIpc) is 3.16. The van der Waals surface area contributed by atoms with Gasteiger partial charge in [-0.25, -0.2) is 4.98 Å². The van der Waals surface area contributed by atoms with Crippen molar-refractivity contribution >= 4 is 23.2 Å². The highest BCUT2D eigenvalue weighted by Crippen LogP contribution is 2.36. The van der Waals surface area contributed by atoms with Gasteiger partial charge in [-0.3, -0.25) is 9.59 Å². The third-order valence-corrected chi connectivity index (χ3v) is 5.36. The summed E-state index contributed by atoms with van der Waals surface area (Å²) in [5, 5.41) is 10.9. The molecule has 3 rings (SSSR count). The summed E-state index contributed by atoms with van der Waals surface area (Å²) in [4.78, 5) is 31.0. The van der Waals surface area contributed by atoms with Gasteiger partial charge in [0.25, 0.3) is 0 Å². The number of nitriles is 1.